The summed E-state index contributed by atoms with van der Waals surface area (Å²) in [6, 6.07) is 4.84. The van der Waals surface area contributed by atoms with Gasteiger partial charge in [-0.05, 0) is 38.0 Å². The molecule has 0 aliphatic carbocycles. The number of carbonyl (C=O) groups excluding carboxylic acids is 2. The van der Waals surface area contributed by atoms with E-state index in [4.69, 9.17) is 4.52 Å². The first-order valence-corrected chi connectivity index (χ1v) is 8.80. The molecular formula is C19H19N5O3. The third-order valence-corrected chi connectivity index (χ3v) is 4.83. The number of carbonyl (C=O) groups is 2. The molecule has 1 unspecified atom stereocenters. The Hall–Kier alpha value is -3.29. The van der Waals surface area contributed by atoms with E-state index in [0.717, 1.165) is 12.8 Å². The summed E-state index contributed by atoms with van der Waals surface area (Å²) in [6.45, 7) is 2.41. The third-order valence-electron chi connectivity index (χ3n) is 4.83. The van der Waals surface area contributed by atoms with Gasteiger partial charge in [0.05, 0.1) is 17.0 Å². The molecule has 0 spiro atoms. The van der Waals surface area contributed by atoms with Crippen LogP contribution in [0.4, 0.5) is 0 Å². The predicted molar refractivity (Wildman–Crippen MR) is 97.2 cm³/mol. The first-order chi connectivity index (χ1) is 13.1. The lowest BCUT2D eigenvalue weighted by Crippen LogP contribution is -2.31. The molecule has 1 aliphatic rings. The summed E-state index contributed by atoms with van der Waals surface area (Å²) in [5, 5.41) is 7.41. The first-order valence-electron chi connectivity index (χ1n) is 8.80. The van der Waals surface area contributed by atoms with E-state index in [1.54, 1.807) is 49.5 Å². The summed E-state index contributed by atoms with van der Waals surface area (Å²) in [5.41, 5.74) is 2.59. The summed E-state index contributed by atoms with van der Waals surface area (Å²) in [6.07, 6.45) is 4.80. The van der Waals surface area contributed by atoms with Crippen LogP contribution in [0.5, 0.6) is 0 Å². The lowest BCUT2D eigenvalue weighted by atomic mass is 10.0. The van der Waals surface area contributed by atoms with Gasteiger partial charge in [-0.25, -0.2) is 4.98 Å². The fourth-order valence-electron chi connectivity index (χ4n) is 3.59. The number of hydrogen-bond acceptors (Lipinski definition) is 6. The van der Waals surface area contributed by atoms with Crippen LogP contribution >= 0.6 is 0 Å². The summed E-state index contributed by atoms with van der Waals surface area (Å²) >= 11 is 0. The molecule has 3 aromatic heterocycles. The van der Waals surface area contributed by atoms with Crippen molar-refractivity contribution in [2.45, 2.75) is 25.8 Å². The Bertz CT molecular complexity index is 1010. The molecular weight excluding hydrogens is 346 g/mol. The lowest BCUT2D eigenvalue weighted by molar-refractivity contribution is 0.0731. The van der Waals surface area contributed by atoms with Crippen LogP contribution in [0.1, 0.15) is 51.0 Å². The number of nitrogens with one attached hydrogen (secondary N) is 1. The van der Waals surface area contributed by atoms with Crippen LogP contribution in [-0.4, -0.2) is 45.4 Å². The second-order valence-corrected chi connectivity index (χ2v) is 6.53. The number of rotatable bonds is 3. The zero-order chi connectivity index (χ0) is 19.0. The first kappa shape index (κ1) is 17.1. The minimum Gasteiger partial charge on any atom is -0.355 e. The number of fused-ring (bicyclic) bond motifs is 1. The van der Waals surface area contributed by atoms with Crippen LogP contribution in [0.25, 0.3) is 11.1 Å². The van der Waals surface area contributed by atoms with Crippen molar-refractivity contribution in [3.05, 3.63) is 53.1 Å². The molecule has 1 N–H and O–H groups in total. The van der Waals surface area contributed by atoms with Crippen LogP contribution in [0.15, 0.2) is 35.1 Å². The van der Waals surface area contributed by atoms with Gasteiger partial charge in [-0.2, -0.15) is 0 Å². The second-order valence-electron chi connectivity index (χ2n) is 6.53. The monoisotopic (exact) mass is 365 g/mol. The Labute approximate surface area is 155 Å². The van der Waals surface area contributed by atoms with Crippen LogP contribution in [0.2, 0.25) is 0 Å². The number of aromatic nitrogens is 3. The maximum absolute atomic E-state index is 13.0. The molecule has 0 aromatic carbocycles. The van der Waals surface area contributed by atoms with Gasteiger partial charge in [0.1, 0.15) is 5.69 Å². The highest BCUT2D eigenvalue weighted by Crippen LogP contribution is 2.37. The molecule has 8 heteroatoms. The zero-order valence-electron chi connectivity index (χ0n) is 15.1. The molecule has 1 fully saturated rings. The van der Waals surface area contributed by atoms with E-state index in [2.05, 4.69) is 20.4 Å². The summed E-state index contributed by atoms with van der Waals surface area (Å²) in [4.78, 5) is 35.4. The maximum Gasteiger partial charge on any atom is 0.259 e. The number of hydrogen-bond donors (Lipinski definition) is 1. The normalized spacial score (nSPS) is 16.7. The fourth-order valence-corrected chi connectivity index (χ4v) is 3.59. The number of aryl methyl sites for hydroxylation is 1. The second kappa shape index (κ2) is 6.79. The average Bonchev–Trinajstić information content (AvgIpc) is 3.33. The van der Waals surface area contributed by atoms with Gasteiger partial charge in [-0.15, -0.1) is 0 Å². The molecule has 1 aliphatic heterocycles. The van der Waals surface area contributed by atoms with Gasteiger partial charge < -0.3 is 14.7 Å². The van der Waals surface area contributed by atoms with Crippen molar-refractivity contribution >= 4 is 22.9 Å². The quantitative estimate of drug-likeness (QED) is 0.764. The van der Waals surface area contributed by atoms with E-state index in [0.29, 0.717) is 40.2 Å². The Kier molecular flexibility index (Phi) is 4.31. The molecule has 0 radical (unpaired) electrons. The van der Waals surface area contributed by atoms with Gasteiger partial charge in [-0.1, -0.05) is 5.16 Å². The van der Waals surface area contributed by atoms with E-state index in [1.807, 2.05) is 0 Å². The van der Waals surface area contributed by atoms with Crippen molar-refractivity contribution in [3.8, 4) is 0 Å². The summed E-state index contributed by atoms with van der Waals surface area (Å²) in [7, 11) is 1.58. The van der Waals surface area contributed by atoms with E-state index in [-0.39, 0.29) is 17.9 Å². The number of likely N-dealkylation sites (tertiary alicyclic amines) is 1. The van der Waals surface area contributed by atoms with Gasteiger partial charge in [0.25, 0.3) is 17.5 Å². The molecule has 27 heavy (non-hydrogen) atoms. The van der Waals surface area contributed by atoms with Crippen molar-refractivity contribution in [2.75, 3.05) is 13.6 Å². The molecule has 0 saturated carbocycles. The SMILES string of the molecule is CNC(=O)c1cc(C)nc2onc(C3CCCN3C(=O)c3ccncc3)c12. The van der Waals surface area contributed by atoms with E-state index < -0.39 is 0 Å². The minimum absolute atomic E-state index is 0.0855. The van der Waals surface area contributed by atoms with E-state index in [9.17, 15) is 9.59 Å². The predicted octanol–water partition coefficient (Wildman–Crippen LogP) is 2.26. The van der Waals surface area contributed by atoms with Gasteiger partial charge >= 0.3 is 0 Å². The molecule has 2 amide bonds. The van der Waals surface area contributed by atoms with Gasteiger partial charge in [0, 0.05) is 37.2 Å². The van der Waals surface area contributed by atoms with Gasteiger partial charge in [0.2, 0.25) is 0 Å². The summed E-state index contributed by atoms with van der Waals surface area (Å²) in [5.74, 6) is -0.322. The Balaban J connectivity index is 1.79. The molecule has 1 saturated heterocycles. The van der Waals surface area contributed by atoms with Crippen molar-refractivity contribution in [1.29, 1.82) is 0 Å². The van der Waals surface area contributed by atoms with Crippen molar-refractivity contribution in [1.82, 2.24) is 25.3 Å². The standard InChI is InChI=1S/C19H19N5O3/c1-11-10-13(17(25)20-2)15-16(23-27-18(15)22-11)14-4-3-9-24(14)19(26)12-5-7-21-8-6-12/h5-8,10,14H,3-4,9H2,1-2H3,(H,20,25). The number of pyridine rings is 2. The highest BCUT2D eigenvalue weighted by molar-refractivity contribution is 6.06. The molecule has 8 nitrogen and oxygen atoms in total. The van der Waals surface area contributed by atoms with Gasteiger partial charge in [0.15, 0.2) is 0 Å². The molecule has 0 bridgehead atoms. The third kappa shape index (κ3) is 2.92. The highest BCUT2D eigenvalue weighted by Gasteiger charge is 2.35. The smallest absolute Gasteiger partial charge is 0.259 e. The maximum atomic E-state index is 13.0. The Morgan fingerprint density at radius 3 is 2.81 bits per heavy atom. The van der Waals surface area contributed by atoms with Gasteiger partial charge in [-0.3, -0.25) is 14.6 Å². The highest BCUT2D eigenvalue weighted by atomic mass is 16.5. The van der Waals surface area contributed by atoms with Crippen LogP contribution in [0.3, 0.4) is 0 Å². The van der Waals surface area contributed by atoms with Crippen LogP contribution in [-0.2, 0) is 0 Å². The molecule has 3 aromatic rings. The average molecular weight is 365 g/mol. The molecule has 1 atom stereocenters. The van der Waals surface area contributed by atoms with Crippen LogP contribution < -0.4 is 5.32 Å². The van der Waals surface area contributed by atoms with Crippen molar-refractivity contribution in [2.24, 2.45) is 0 Å². The summed E-state index contributed by atoms with van der Waals surface area (Å²) < 4.78 is 5.42. The Morgan fingerprint density at radius 1 is 1.30 bits per heavy atom. The Morgan fingerprint density at radius 2 is 2.07 bits per heavy atom. The topological polar surface area (TPSA) is 101 Å². The fraction of sp³-hybridized carbons (Fsp3) is 0.316. The largest absolute Gasteiger partial charge is 0.355 e. The van der Waals surface area contributed by atoms with Crippen molar-refractivity contribution < 1.29 is 14.1 Å². The number of nitrogens with zero attached hydrogens (tertiary/aromatic N) is 4. The lowest BCUT2D eigenvalue weighted by Gasteiger charge is -2.23. The minimum atomic E-state index is -0.264. The zero-order valence-corrected chi connectivity index (χ0v) is 15.1. The molecule has 138 valence electrons. The van der Waals surface area contributed by atoms with E-state index in [1.165, 1.54) is 0 Å². The number of amides is 2. The van der Waals surface area contributed by atoms with E-state index >= 15 is 0 Å². The van der Waals surface area contributed by atoms with Crippen LogP contribution in [0, 0.1) is 6.92 Å². The molecule has 4 rings (SSSR count). The molecule has 4 heterocycles. The van der Waals surface area contributed by atoms with Crippen molar-refractivity contribution in [3.63, 3.8) is 0 Å².